The van der Waals surface area contributed by atoms with Crippen LogP contribution in [0.3, 0.4) is 0 Å². The first-order chi connectivity index (χ1) is 11.5. The first-order valence-electron chi connectivity index (χ1n) is 8.40. The molecule has 2 fully saturated rings. The Labute approximate surface area is 139 Å². The van der Waals surface area contributed by atoms with Crippen LogP contribution in [0, 0.1) is 0 Å². The quantitative estimate of drug-likeness (QED) is 0.771. The fourth-order valence-electron chi connectivity index (χ4n) is 3.52. The van der Waals surface area contributed by atoms with Crippen LogP contribution in [0.4, 0.5) is 0 Å². The maximum absolute atomic E-state index is 12.3. The van der Waals surface area contributed by atoms with Crippen LogP contribution in [-0.2, 0) is 16.1 Å². The number of aromatic nitrogens is 2. The van der Waals surface area contributed by atoms with Gasteiger partial charge in [0.1, 0.15) is 0 Å². The maximum Gasteiger partial charge on any atom is 0.328 e. The van der Waals surface area contributed by atoms with E-state index in [0.717, 1.165) is 12.8 Å². The highest BCUT2D eigenvalue weighted by molar-refractivity contribution is 5.76. The summed E-state index contributed by atoms with van der Waals surface area (Å²) >= 11 is 0. The zero-order chi connectivity index (χ0) is 17.2. The molecule has 0 radical (unpaired) electrons. The van der Waals surface area contributed by atoms with Crippen LogP contribution < -0.4 is 11.2 Å². The molecule has 1 aromatic heterocycles. The summed E-state index contributed by atoms with van der Waals surface area (Å²) in [7, 11) is 0. The standard InChI is InChI=1S/C16H23N3O5/c20-12-2-1-11-24-16(12)5-9-18(10-6-16)14(22)4-8-19-7-3-13(21)17-15(19)23/h3,7,12,20H,1-2,4-6,8-11H2,(H,17,21,23). The fourth-order valence-corrected chi connectivity index (χ4v) is 3.52. The van der Waals surface area contributed by atoms with Gasteiger partial charge in [-0.15, -0.1) is 0 Å². The molecule has 3 rings (SSSR count). The molecule has 1 amide bonds. The van der Waals surface area contributed by atoms with Crippen LogP contribution in [0.15, 0.2) is 21.9 Å². The van der Waals surface area contributed by atoms with Gasteiger partial charge in [0.05, 0.1) is 11.7 Å². The number of H-pyrrole nitrogens is 1. The van der Waals surface area contributed by atoms with Crippen molar-refractivity contribution in [3.63, 3.8) is 0 Å². The largest absolute Gasteiger partial charge is 0.390 e. The number of ether oxygens (including phenoxy) is 1. The molecule has 8 nitrogen and oxygen atoms in total. The minimum absolute atomic E-state index is 0.0340. The van der Waals surface area contributed by atoms with Crippen molar-refractivity contribution in [3.05, 3.63) is 33.1 Å². The van der Waals surface area contributed by atoms with Gasteiger partial charge in [0, 0.05) is 44.9 Å². The molecule has 0 bridgehead atoms. The number of hydrogen-bond acceptors (Lipinski definition) is 5. The summed E-state index contributed by atoms with van der Waals surface area (Å²) in [6, 6.07) is 1.26. The fraction of sp³-hybridized carbons (Fsp3) is 0.688. The van der Waals surface area contributed by atoms with E-state index in [0.29, 0.717) is 32.5 Å². The molecule has 2 N–H and O–H groups in total. The van der Waals surface area contributed by atoms with Gasteiger partial charge in [0.25, 0.3) is 5.56 Å². The van der Waals surface area contributed by atoms with Crippen molar-refractivity contribution >= 4 is 5.91 Å². The predicted molar refractivity (Wildman–Crippen MR) is 85.7 cm³/mol. The molecule has 0 aromatic carbocycles. The van der Waals surface area contributed by atoms with E-state index in [9.17, 15) is 19.5 Å². The Kier molecular flexibility index (Phi) is 4.86. The molecule has 3 heterocycles. The molecule has 8 heteroatoms. The first kappa shape index (κ1) is 16.9. The summed E-state index contributed by atoms with van der Waals surface area (Å²) in [5.41, 5.74) is -1.45. The van der Waals surface area contributed by atoms with Crippen molar-refractivity contribution < 1.29 is 14.6 Å². The number of aliphatic hydroxyl groups is 1. The summed E-state index contributed by atoms with van der Waals surface area (Å²) in [5.74, 6) is -0.0340. The van der Waals surface area contributed by atoms with E-state index in [1.807, 2.05) is 0 Å². The summed E-state index contributed by atoms with van der Waals surface area (Å²) < 4.78 is 7.15. The number of nitrogens with zero attached hydrogens (tertiary/aromatic N) is 2. The number of amides is 1. The molecule has 0 aliphatic carbocycles. The Morgan fingerprint density at radius 1 is 1.38 bits per heavy atom. The van der Waals surface area contributed by atoms with Crippen molar-refractivity contribution in [2.45, 2.75) is 50.4 Å². The zero-order valence-electron chi connectivity index (χ0n) is 13.6. The Morgan fingerprint density at radius 2 is 2.12 bits per heavy atom. The van der Waals surface area contributed by atoms with Crippen molar-refractivity contribution in [1.82, 2.24) is 14.5 Å². The second-order valence-electron chi connectivity index (χ2n) is 6.51. The number of rotatable bonds is 3. The van der Waals surface area contributed by atoms with E-state index in [4.69, 9.17) is 4.74 Å². The van der Waals surface area contributed by atoms with Crippen LogP contribution in [-0.4, -0.2) is 56.9 Å². The van der Waals surface area contributed by atoms with E-state index < -0.39 is 23.0 Å². The molecule has 2 aliphatic heterocycles. The molecule has 2 saturated heterocycles. The Balaban J connectivity index is 1.53. The van der Waals surface area contributed by atoms with E-state index in [1.165, 1.54) is 16.8 Å². The highest BCUT2D eigenvalue weighted by Crippen LogP contribution is 2.35. The van der Waals surface area contributed by atoms with Gasteiger partial charge in [-0.2, -0.15) is 0 Å². The number of likely N-dealkylation sites (tertiary alicyclic amines) is 1. The van der Waals surface area contributed by atoms with Crippen molar-refractivity contribution in [2.24, 2.45) is 0 Å². The van der Waals surface area contributed by atoms with Crippen molar-refractivity contribution in [2.75, 3.05) is 19.7 Å². The SMILES string of the molecule is O=C(CCn1ccc(=O)[nH]c1=O)N1CCC2(CC1)OCCCC2O. The summed E-state index contributed by atoms with van der Waals surface area (Å²) in [6.45, 7) is 2.00. The highest BCUT2D eigenvalue weighted by atomic mass is 16.5. The zero-order valence-corrected chi connectivity index (χ0v) is 13.6. The molecular weight excluding hydrogens is 314 g/mol. The van der Waals surface area contributed by atoms with Gasteiger partial charge in [-0.3, -0.25) is 14.6 Å². The molecular formula is C16H23N3O5. The summed E-state index contributed by atoms with van der Waals surface area (Å²) in [6.07, 6.45) is 4.04. The Morgan fingerprint density at radius 3 is 2.79 bits per heavy atom. The van der Waals surface area contributed by atoms with E-state index >= 15 is 0 Å². The second-order valence-corrected chi connectivity index (χ2v) is 6.51. The van der Waals surface area contributed by atoms with E-state index in [2.05, 4.69) is 4.98 Å². The topological polar surface area (TPSA) is 105 Å². The number of piperidine rings is 1. The number of carbonyl (C=O) groups excluding carboxylic acids is 1. The van der Waals surface area contributed by atoms with Crippen LogP contribution >= 0.6 is 0 Å². The summed E-state index contributed by atoms with van der Waals surface area (Å²) in [5, 5.41) is 10.2. The number of aryl methyl sites for hydroxylation is 1. The molecule has 1 aromatic rings. The van der Waals surface area contributed by atoms with Gasteiger partial charge < -0.3 is 19.3 Å². The molecule has 0 saturated carbocycles. The minimum atomic E-state index is -0.508. The van der Waals surface area contributed by atoms with Gasteiger partial charge in [-0.1, -0.05) is 0 Å². The van der Waals surface area contributed by atoms with Crippen molar-refractivity contribution in [1.29, 1.82) is 0 Å². The minimum Gasteiger partial charge on any atom is -0.390 e. The third-order valence-corrected chi connectivity index (χ3v) is 5.04. The molecule has 132 valence electrons. The number of carbonyl (C=O) groups is 1. The lowest BCUT2D eigenvalue weighted by Crippen LogP contribution is -2.56. The Bertz CT molecular complexity index is 702. The van der Waals surface area contributed by atoms with Gasteiger partial charge >= 0.3 is 5.69 Å². The number of hydrogen-bond donors (Lipinski definition) is 2. The van der Waals surface area contributed by atoms with Crippen LogP contribution in [0.1, 0.15) is 32.1 Å². The third-order valence-electron chi connectivity index (χ3n) is 5.04. The van der Waals surface area contributed by atoms with Crippen molar-refractivity contribution in [3.8, 4) is 0 Å². The molecule has 2 aliphatic rings. The van der Waals surface area contributed by atoms with Gasteiger partial charge in [0.2, 0.25) is 5.91 Å². The monoisotopic (exact) mass is 337 g/mol. The van der Waals surface area contributed by atoms with Gasteiger partial charge in [-0.25, -0.2) is 4.79 Å². The smallest absolute Gasteiger partial charge is 0.328 e. The first-order valence-corrected chi connectivity index (χ1v) is 8.40. The number of aromatic amines is 1. The third kappa shape index (κ3) is 3.44. The molecule has 1 atom stereocenters. The maximum atomic E-state index is 12.3. The molecule has 24 heavy (non-hydrogen) atoms. The van der Waals surface area contributed by atoms with E-state index in [-0.39, 0.29) is 18.9 Å². The Hall–Kier alpha value is -1.93. The lowest BCUT2D eigenvalue weighted by molar-refractivity contribution is -0.179. The predicted octanol–water partition coefficient (Wildman–Crippen LogP) is -0.541. The highest BCUT2D eigenvalue weighted by Gasteiger charge is 2.44. The van der Waals surface area contributed by atoms with Gasteiger partial charge in [-0.05, 0) is 25.7 Å². The average Bonchev–Trinajstić information content (AvgIpc) is 2.57. The van der Waals surface area contributed by atoms with E-state index in [1.54, 1.807) is 4.90 Å². The lowest BCUT2D eigenvalue weighted by Gasteiger charge is -2.46. The second kappa shape index (κ2) is 6.90. The van der Waals surface area contributed by atoms with Gasteiger partial charge in [0.15, 0.2) is 0 Å². The number of aliphatic hydroxyl groups excluding tert-OH is 1. The molecule has 1 spiro atoms. The average molecular weight is 337 g/mol. The van der Waals surface area contributed by atoms with Crippen LogP contribution in [0.25, 0.3) is 0 Å². The van der Waals surface area contributed by atoms with Crippen LogP contribution in [0.5, 0.6) is 0 Å². The summed E-state index contributed by atoms with van der Waals surface area (Å²) in [4.78, 5) is 38.9. The lowest BCUT2D eigenvalue weighted by atomic mass is 9.82. The number of nitrogens with one attached hydrogen (secondary N) is 1. The van der Waals surface area contributed by atoms with Crippen LogP contribution in [0.2, 0.25) is 0 Å². The molecule has 1 unspecified atom stereocenters. The normalized spacial score (nSPS) is 23.4.